The van der Waals surface area contributed by atoms with Crippen molar-refractivity contribution in [2.24, 2.45) is 0 Å². The van der Waals surface area contributed by atoms with Gasteiger partial charge in [-0.05, 0) is 24.6 Å². The number of carbonyl (C=O) groups is 1. The number of hydrogen-bond donors (Lipinski definition) is 3. The predicted molar refractivity (Wildman–Crippen MR) is 65.8 cm³/mol. The number of hydrogen-bond acceptors (Lipinski definition) is 4. The van der Waals surface area contributed by atoms with Crippen molar-refractivity contribution in [2.45, 2.75) is 13.0 Å². The Balaban J connectivity index is 2.61. The maximum Gasteiger partial charge on any atom is 0.251 e. The zero-order valence-corrected chi connectivity index (χ0v) is 10.1. The van der Waals surface area contributed by atoms with Crippen LogP contribution < -0.4 is 11.1 Å². The zero-order valence-electron chi connectivity index (χ0n) is 10.1. The molecule has 0 aliphatic carbocycles. The van der Waals surface area contributed by atoms with Gasteiger partial charge in [-0.3, -0.25) is 4.79 Å². The topological polar surface area (TPSA) is 84.6 Å². The molecule has 5 nitrogen and oxygen atoms in total. The number of nitrogen functional groups attached to an aromatic ring is 1. The van der Waals surface area contributed by atoms with E-state index in [2.05, 4.69) is 5.32 Å². The smallest absolute Gasteiger partial charge is 0.251 e. The second-order valence-corrected chi connectivity index (χ2v) is 3.89. The van der Waals surface area contributed by atoms with Gasteiger partial charge in [0, 0.05) is 24.9 Å². The molecule has 0 heterocycles. The lowest BCUT2D eigenvalue weighted by atomic mass is 10.1. The molecule has 1 aromatic rings. The number of carbonyl (C=O) groups excluding carboxylic acids is 1. The van der Waals surface area contributed by atoms with E-state index in [9.17, 15) is 9.90 Å². The third-order valence-electron chi connectivity index (χ3n) is 2.36. The lowest BCUT2D eigenvalue weighted by Gasteiger charge is -2.12. The third-order valence-corrected chi connectivity index (χ3v) is 2.36. The summed E-state index contributed by atoms with van der Waals surface area (Å²) in [5.74, 6) is -0.245. The molecule has 17 heavy (non-hydrogen) atoms. The summed E-state index contributed by atoms with van der Waals surface area (Å²) in [6, 6.07) is 5.15. The summed E-state index contributed by atoms with van der Waals surface area (Å²) in [6.07, 6.45) is -0.703. The van der Waals surface area contributed by atoms with Crippen LogP contribution in [0.4, 0.5) is 5.69 Å². The van der Waals surface area contributed by atoms with E-state index in [0.717, 1.165) is 5.56 Å². The Kier molecular flexibility index (Phi) is 4.93. The minimum Gasteiger partial charge on any atom is -0.399 e. The summed E-state index contributed by atoms with van der Waals surface area (Å²) in [5, 5.41) is 12.0. The molecule has 5 heteroatoms. The summed E-state index contributed by atoms with van der Waals surface area (Å²) in [7, 11) is 1.49. The molecule has 1 rings (SSSR count). The molecule has 0 saturated carbocycles. The summed E-state index contributed by atoms with van der Waals surface area (Å²) in [4.78, 5) is 11.8. The Hall–Kier alpha value is -1.59. The fourth-order valence-corrected chi connectivity index (χ4v) is 1.44. The molecule has 0 bridgehead atoms. The molecule has 94 valence electrons. The molecule has 1 unspecified atom stereocenters. The number of aliphatic hydroxyl groups excluding tert-OH is 1. The van der Waals surface area contributed by atoms with Crippen LogP contribution in [0.1, 0.15) is 15.9 Å². The Morgan fingerprint density at radius 1 is 1.59 bits per heavy atom. The number of nitrogens with two attached hydrogens (primary N) is 1. The van der Waals surface area contributed by atoms with Crippen LogP contribution in [0.3, 0.4) is 0 Å². The van der Waals surface area contributed by atoms with Crippen LogP contribution in [0.15, 0.2) is 18.2 Å². The van der Waals surface area contributed by atoms with Gasteiger partial charge in [0.2, 0.25) is 0 Å². The Labute approximate surface area is 101 Å². The van der Waals surface area contributed by atoms with E-state index in [1.807, 2.05) is 6.92 Å². The predicted octanol–water partition coefficient (Wildman–Crippen LogP) is 0.314. The number of anilines is 1. The number of rotatable bonds is 5. The highest BCUT2D eigenvalue weighted by atomic mass is 16.5. The molecule has 0 aliphatic heterocycles. The van der Waals surface area contributed by atoms with Crippen LogP contribution in [-0.2, 0) is 4.74 Å². The van der Waals surface area contributed by atoms with Crippen LogP contribution >= 0.6 is 0 Å². The van der Waals surface area contributed by atoms with Crippen LogP contribution in [-0.4, -0.2) is 37.4 Å². The molecule has 0 aromatic heterocycles. The first kappa shape index (κ1) is 13.5. The van der Waals surface area contributed by atoms with Gasteiger partial charge in [-0.15, -0.1) is 0 Å². The van der Waals surface area contributed by atoms with E-state index < -0.39 is 6.10 Å². The number of aryl methyl sites for hydroxylation is 1. The van der Waals surface area contributed by atoms with Crippen molar-refractivity contribution in [3.05, 3.63) is 29.3 Å². The molecule has 1 amide bonds. The maximum absolute atomic E-state index is 11.8. The van der Waals surface area contributed by atoms with E-state index in [-0.39, 0.29) is 19.1 Å². The van der Waals surface area contributed by atoms with Crippen molar-refractivity contribution in [1.29, 1.82) is 0 Å². The van der Waals surface area contributed by atoms with Gasteiger partial charge >= 0.3 is 0 Å². The highest BCUT2D eigenvalue weighted by Crippen LogP contribution is 2.12. The summed E-state index contributed by atoms with van der Waals surface area (Å²) in [5.41, 5.74) is 7.53. The minimum absolute atomic E-state index is 0.154. The number of ether oxygens (including phenoxy) is 1. The number of amides is 1. The molecule has 1 aromatic carbocycles. The van der Waals surface area contributed by atoms with Gasteiger partial charge in [-0.2, -0.15) is 0 Å². The number of aliphatic hydroxyl groups is 1. The lowest BCUT2D eigenvalue weighted by Crippen LogP contribution is -2.34. The molecular formula is C12H18N2O3. The van der Waals surface area contributed by atoms with Crippen LogP contribution in [0.5, 0.6) is 0 Å². The highest BCUT2D eigenvalue weighted by Gasteiger charge is 2.11. The number of methoxy groups -OCH3 is 1. The van der Waals surface area contributed by atoms with Crippen LogP contribution in [0.2, 0.25) is 0 Å². The number of nitrogens with one attached hydrogen (secondary N) is 1. The second kappa shape index (κ2) is 6.22. The van der Waals surface area contributed by atoms with Gasteiger partial charge in [-0.25, -0.2) is 0 Å². The van der Waals surface area contributed by atoms with Crippen molar-refractivity contribution < 1.29 is 14.6 Å². The Morgan fingerprint density at radius 2 is 2.29 bits per heavy atom. The molecule has 4 N–H and O–H groups in total. The molecule has 0 spiro atoms. The average molecular weight is 238 g/mol. The Morgan fingerprint density at radius 3 is 2.94 bits per heavy atom. The van der Waals surface area contributed by atoms with Crippen LogP contribution in [0, 0.1) is 6.92 Å². The summed E-state index contributed by atoms with van der Waals surface area (Å²) >= 11 is 0. The Bertz CT molecular complexity index is 393. The standard InChI is InChI=1S/C12H18N2O3/c1-8-3-4-9(13)5-11(8)12(16)14-6-10(15)7-17-2/h3-5,10,15H,6-7,13H2,1-2H3,(H,14,16). The zero-order chi connectivity index (χ0) is 12.8. The second-order valence-electron chi connectivity index (χ2n) is 3.89. The van der Waals surface area contributed by atoms with Gasteiger partial charge < -0.3 is 20.9 Å². The summed E-state index contributed by atoms with van der Waals surface area (Å²) < 4.78 is 4.76. The van der Waals surface area contributed by atoms with Gasteiger partial charge in [0.05, 0.1) is 12.7 Å². The van der Waals surface area contributed by atoms with Crippen molar-refractivity contribution in [1.82, 2.24) is 5.32 Å². The fourth-order valence-electron chi connectivity index (χ4n) is 1.44. The van der Waals surface area contributed by atoms with E-state index in [1.54, 1.807) is 18.2 Å². The molecule has 0 aliphatic rings. The van der Waals surface area contributed by atoms with Gasteiger partial charge in [-0.1, -0.05) is 6.07 Å². The quantitative estimate of drug-likeness (QED) is 0.645. The normalized spacial score (nSPS) is 12.2. The third kappa shape index (κ3) is 4.05. The molecule has 0 radical (unpaired) electrons. The van der Waals surface area contributed by atoms with Crippen LogP contribution in [0.25, 0.3) is 0 Å². The molecule has 1 atom stereocenters. The van der Waals surface area contributed by atoms with Crippen molar-refractivity contribution in [3.8, 4) is 0 Å². The van der Waals surface area contributed by atoms with Crippen molar-refractivity contribution in [2.75, 3.05) is 26.0 Å². The van der Waals surface area contributed by atoms with E-state index in [4.69, 9.17) is 10.5 Å². The maximum atomic E-state index is 11.8. The highest BCUT2D eigenvalue weighted by molar-refractivity contribution is 5.96. The molecular weight excluding hydrogens is 220 g/mol. The van der Waals surface area contributed by atoms with Gasteiger partial charge in [0.1, 0.15) is 0 Å². The SMILES string of the molecule is COCC(O)CNC(=O)c1cc(N)ccc1C. The summed E-state index contributed by atoms with van der Waals surface area (Å²) in [6.45, 7) is 2.18. The minimum atomic E-state index is -0.703. The lowest BCUT2D eigenvalue weighted by molar-refractivity contribution is 0.0609. The largest absolute Gasteiger partial charge is 0.399 e. The first-order chi connectivity index (χ1) is 8.04. The van der Waals surface area contributed by atoms with Crippen molar-refractivity contribution in [3.63, 3.8) is 0 Å². The monoisotopic (exact) mass is 238 g/mol. The van der Waals surface area contributed by atoms with E-state index >= 15 is 0 Å². The van der Waals surface area contributed by atoms with E-state index in [0.29, 0.717) is 11.3 Å². The van der Waals surface area contributed by atoms with Gasteiger partial charge in [0.25, 0.3) is 5.91 Å². The fraction of sp³-hybridized carbons (Fsp3) is 0.417. The average Bonchev–Trinajstić information content (AvgIpc) is 2.29. The molecule has 0 fully saturated rings. The number of benzene rings is 1. The first-order valence-corrected chi connectivity index (χ1v) is 5.36. The van der Waals surface area contributed by atoms with E-state index in [1.165, 1.54) is 7.11 Å². The van der Waals surface area contributed by atoms with Gasteiger partial charge in [0.15, 0.2) is 0 Å². The van der Waals surface area contributed by atoms with Crippen molar-refractivity contribution >= 4 is 11.6 Å². The first-order valence-electron chi connectivity index (χ1n) is 5.36. The molecule has 0 saturated heterocycles.